The van der Waals surface area contributed by atoms with Crippen LogP contribution in [0, 0.1) is 0 Å². The lowest BCUT2D eigenvalue weighted by Gasteiger charge is -2.05. The highest BCUT2D eigenvalue weighted by atomic mass is 16.2. The van der Waals surface area contributed by atoms with Crippen LogP contribution in [0.1, 0.15) is 123 Å². The third kappa shape index (κ3) is 24.5. The number of rotatable bonds is 22. The SMILES string of the molecule is CCCCCCCC/C=C\CCCCCCCC(=O)CCCNC(=O)CCNC(C)=O. The summed E-state index contributed by atoms with van der Waals surface area (Å²) in [4.78, 5) is 34.2. The van der Waals surface area contributed by atoms with Gasteiger partial charge in [-0.05, 0) is 38.5 Å². The molecule has 180 valence electrons. The van der Waals surface area contributed by atoms with Crippen LogP contribution in [-0.2, 0) is 14.4 Å². The van der Waals surface area contributed by atoms with Crippen LogP contribution in [0.15, 0.2) is 12.2 Å². The fourth-order valence-electron chi connectivity index (χ4n) is 3.47. The van der Waals surface area contributed by atoms with Gasteiger partial charge in [0.2, 0.25) is 11.8 Å². The van der Waals surface area contributed by atoms with Gasteiger partial charge in [-0.15, -0.1) is 0 Å². The molecule has 0 aliphatic rings. The summed E-state index contributed by atoms with van der Waals surface area (Å²) in [6.45, 7) is 4.57. The van der Waals surface area contributed by atoms with Gasteiger partial charge in [0.15, 0.2) is 0 Å². The lowest BCUT2D eigenvalue weighted by molar-refractivity contribution is -0.122. The van der Waals surface area contributed by atoms with Gasteiger partial charge in [0, 0.05) is 39.3 Å². The maximum atomic E-state index is 11.9. The number of carbonyl (C=O) groups excluding carboxylic acids is 3. The predicted octanol–water partition coefficient (Wildman–Crippen LogP) is 6.02. The van der Waals surface area contributed by atoms with Gasteiger partial charge in [0.25, 0.3) is 0 Å². The van der Waals surface area contributed by atoms with Crippen molar-refractivity contribution in [1.82, 2.24) is 10.6 Å². The number of hydrogen-bond acceptors (Lipinski definition) is 3. The third-order valence-corrected chi connectivity index (χ3v) is 5.40. The molecule has 0 aromatic carbocycles. The van der Waals surface area contributed by atoms with E-state index in [9.17, 15) is 14.4 Å². The van der Waals surface area contributed by atoms with E-state index in [0.717, 1.165) is 12.8 Å². The highest BCUT2D eigenvalue weighted by Gasteiger charge is 2.04. The van der Waals surface area contributed by atoms with Gasteiger partial charge in [0.05, 0.1) is 0 Å². The molecule has 0 radical (unpaired) electrons. The molecule has 5 nitrogen and oxygen atoms in total. The number of allylic oxidation sites excluding steroid dienone is 2. The molecule has 2 amide bonds. The van der Waals surface area contributed by atoms with Gasteiger partial charge >= 0.3 is 0 Å². The molecule has 2 N–H and O–H groups in total. The van der Waals surface area contributed by atoms with Crippen molar-refractivity contribution in [1.29, 1.82) is 0 Å². The molecule has 0 rings (SSSR count). The van der Waals surface area contributed by atoms with Crippen molar-refractivity contribution >= 4 is 17.6 Å². The minimum absolute atomic E-state index is 0.0848. The summed E-state index contributed by atoms with van der Waals surface area (Å²) in [5.41, 5.74) is 0. The van der Waals surface area contributed by atoms with Crippen molar-refractivity contribution in [3.05, 3.63) is 12.2 Å². The average molecular weight is 437 g/mol. The average Bonchev–Trinajstić information content (AvgIpc) is 2.73. The Bertz CT molecular complexity index is 489. The molecule has 31 heavy (non-hydrogen) atoms. The summed E-state index contributed by atoms with van der Waals surface area (Å²) in [5, 5.41) is 5.38. The predicted molar refractivity (Wildman–Crippen MR) is 130 cm³/mol. The molecular formula is C26H48N2O3. The summed E-state index contributed by atoms with van der Waals surface area (Å²) in [6.07, 6.45) is 23.3. The molecule has 0 heterocycles. The summed E-state index contributed by atoms with van der Waals surface area (Å²) in [7, 11) is 0. The van der Waals surface area contributed by atoms with Crippen LogP contribution in [-0.4, -0.2) is 30.7 Å². The molecule has 0 spiro atoms. The number of hydrogen-bond donors (Lipinski definition) is 2. The maximum absolute atomic E-state index is 11.9. The van der Waals surface area contributed by atoms with Crippen LogP contribution in [0.3, 0.4) is 0 Å². The Morgan fingerprint density at radius 3 is 1.77 bits per heavy atom. The smallest absolute Gasteiger partial charge is 0.221 e. The summed E-state index contributed by atoms with van der Waals surface area (Å²) in [5.74, 6) is 0.0811. The van der Waals surface area contributed by atoms with E-state index < -0.39 is 0 Å². The molecular weight excluding hydrogens is 388 g/mol. The first-order valence-corrected chi connectivity index (χ1v) is 12.7. The Morgan fingerprint density at radius 2 is 1.16 bits per heavy atom. The monoisotopic (exact) mass is 436 g/mol. The van der Waals surface area contributed by atoms with Crippen molar-refractivity contribution in [2.24, 2.45) is 0 Å². The lowest BCUT2D eigenvalue weighted by atomic mass is 10.0. The Morgan fingerprint density at radius 1 is 0.613 bits per heavy atom. The molecule has 0 unspecified atom stereocenters. The molecule has 0 bridgehead atoms. The Labute approximate surface area is 191 Å². The van der Waals surface area contributed by atoms with E-state index in [1.165, 1.54) is 77.6 Å². The van der Waals surface area contributed by atoms with E-state index in [1.807, 2.05) is 0 Å². The first kappa shape index (κ1) is 29.4. The van der Waals surface area contributed by atoms with Crippen LogP contribution in [0.2, 0.25) is 0 Å². The van der Waals surface area contributed by atoms with E-state index in [4.69, 9.17) is 0 Å². The molecule has 0 aliphatic heterocycles. The minimum atomic E-state index is -0.131. The molecule has 0 saturated carbocycles. The van der Waals surface area contributed by atoms with E-state index in [2.05, 4.69) is 29.7 Å². The van der Waals surface area contributed by atoms with Crippen LogP contribution in [0.25, 0.3) is 0 Å². The Balaban J connectivity index is 3.33. The molecule has 0 atom stereocenters. The van der Waals surface area contributed by atoms with Gasteiger partial charge in [-0.2, -0.15) is 0 Å². The standard InChI is InChI=1S/C26H48N2O3/c1-3-4-5-6-7-8-9-10-11-12-13-14-15-16-17-19-25(30)20-18-22-28-26(31)21-23-27-24(2)29/h10-11H,3-9,12-23H2,1-2H3,(H,27,29)(H,28,31)/b11-10-. The molecule has 0 aromatic rings. The molecule has 0 aliphatic carbocycles. The summed E-state index contributed by atoms with van der Waals surface area (Å²) in [6, 6.07) is 0. The van der Waals surface area contributed by atoms with Gasteiger partial charge < -0.3 is 10.6 Å². The number of unbranched alkanes of at least 4 members (excludes halogenated alkanes) is 11. The summed E-state index contributed by atoms with van der Waals surface area (Å²) >= 11 is 0. The van der Waals surface area contributed by atoms with Crippen LogP contribution >= 0.6 is 0 Å². The molecule has 0 fully saturated rings. The first-order chi connectivity index (χ1) is 15.1. The van der Waals surface area contributed by atoms with Crippen molar-refractivity contribution in [3.63, 3.8) is 0 Å². The van der Waals surface area contributed by atoms with Crippen LogP contribution < -0.4 is 10.6 Å². The maximum Gasteiger partial charge on any atom is 0.221 e. The van der Waals surface area contributed by atoms with E-state index in [-0.39, 0.29) is 18.2 Å². The summed E-state index contributed by atoms with van der Waals surface area (Å²) < 4.78 is 0. The van der Waals surface area contributed by atoms with Crippen molar-refractivity contribution in [2.45, 2.75) is 123 Å². The second kappa shape index (κ2) is 23.0. The highest BCUT2D eigenvalue weighted by Crippen LogP contribution is 2.10. The third-order valence-electron chi connectivity index (χ3n) is 5.40. The van der Waals surface area contributed by atoms with Gasteiger partial charge in [-0.1, -0.05) is 70.4 Å². The fraction of sp³-hybridized carbons (Fsp3) is 0.808. The zero-order valence-electron chi connectivity index (χ0n) is 20.3. The Hall–Kier alpha value is -1.65. The van der Waals surface area contributed by atoms with Gasteiger partial charge in [-0.3, -0.25) is 14.4 Å². The number of ketones is 1. The quantitative estimate of drug-likeness (QED) is 0.161. The number of amides is 2. The van der Waals surface area contributed by atoms with E-state index >= 15 is 0 Å². The second-order valence-corrected chi connectivity index (χ2v) is 8.56. The number of nitrogens with one attached hydrogen (secondary N) is 2. The largest absolute Gasteiger partial charge is 0.356 e. The van der Waals surface area contributed by atoms with Crippen LogP contribution in [0.4, 0.5) is 0 Å². The van der Waals surface area contributed by atoms with Gasteiger partial charge in [-0.25, -0.2) is 0 Å². The van der Waals surface area contributed by atoms with E-state index in [0.29, 0.717) is 38.1 Å². The Kier molecular flexibility index (Phi) is 21.8. The van der Waals surface area contributed by atoms with Crippen molar-refractivity contribution in [2.75, 3.05) is 13.1 Å². The number of Topliss-reactive ketones (excluding diaryl/α,β-unsaturated/α-hetero) is 1. The molecule has 5 heteroatoms. The van der Waals surface area contributed by atoms with E-state index in [1.54, 1.807) is 0 Å². The van der Waals surface area contributed by atoms with Crippen LogP contribution in [0.5, 0.6) is 0 Å². The highest BCUT2D eigenvalue weighted by molar-refractivity contribution is 5.79. The second-order valence-electron chi connectivity index (χ2n) is 8.56. The topological polar surface area (TPSA) is 75.3 Å². The number of carbonyl (C=O) groups is 3. The van der Waals surface area contributed by atoms with Crippen molar-refractivity contribution < 1.29 is 14.4 Å². The minimum Gasteiger partial charge on any atom is -0.356 e. The first-order valence-electron chi connectivity index (χ1n) is 12.7. The van der Waals surface area contributed by atoms with Gasteiger partial charge in [0.1, 0.15) is 5.78 Å². The van der Waals surface area contributed by atoms with Crippen molar-refractivity contribution in [3.8, 4) is 0 Å². The molecule has 0 aromatic heterocycles. The zero-order chi connectivity index (χ0) is 23.0. The zero-order valence-corrected chi connectivity index (χ0v) is 20.3. The molecule has 0 saturated heterocycles. The lowest BCUT2D eigenvalue weighted by Crippen LogP contribution is -2.30. The normalized spacial score (nSPS) is 11.0. The fourth-order valence-corrected chi connectivity index (χ4v) is 3.47.